The minimum Gasteiger partial charge on any atom is -0.480 e. The average Bonchev–Trinajstić information content (AvgIpc) is 3.27. The second-order valence-corrected chi connectivity index (χ2v) is 19.0. The third-order valence-corrected chi connectivity index (χ3v) is 12.9. The van der Waals surface area contributed by atoms with E-state index in [0.717, 1.165) is 57.8 Å². The third kappa shape index (κ3) is 46.2. The van der Waals surface area contributed by atoms with Gasteiger partial charge in [0, 0.05) is 12.8 Å². The molecule has 0 rings (SSSR count). The zero-order chi connectivity index (χ0) is 46.1. The lowest BCUT2D eigenvalue weighted by Crippen LogP contribution is -2.47. The van der Waals surface area contributed by atoms with E-state index in [-0.39, 0.29) is 24.5 Å². The SMILES string of the molecule is CCCCCCCCCCCCCCCCCCCCCCCCC(=O)OC(CCCCCCCCCCCCCCC)CCCCCCCC(=O)NCC(=O)NC(CO)C(=O)O. The number of unbranched alkanes of at least 4 members (excludes halogenated alkanes) is 37. The van der Waals surface area contributed by atoms with Crippen molar-refractivity contribution < 1.29 is 34.1 Å². The number of carboxylic acid groups (broad SMARTS) is 1. The van der Waals surface area contributed by atoms with Crippen molar-refractivity contribution in [3.05, 3.63) is 0 Å². The molecule has 2 atom stereocenters. The summed E-state index contributed by atoms with van der Waals surface area (Å²) in [6, 6.07) is -1.38. The number of ether oxygens (including phenoxy) is 1. The van der Waals surface area contributed by atoms with Gasteiger partial charge in [0.1, 0.15) is 12.1 Å². The minimum atomic E-state index is -1.38. The van der Waals surface area contributed by atoms with Gasteiger partial charge in [0.05, 0.1) is 13.2 Å². The Bertz CT molecular complexity index is 1020. The van der Waals surface area contributed by atoms with E-state index in [1.165, 1.54) is 205 Å². The Balaban J connectivity index is 4.16. The summed E-state index contributed by atoms with van der Waals surface area (Å²) in [5.74, 6) is -2.26. The van der Waals surface area contributed by atoms with Crippen LogP contribution in [0.5, 0.6) is 0 Å². The molecule has 0 saturated carbocycles. The Morgan fingerprint density at radius 1 is 0.413 bits per heavy atom. The fourth-order valence-electron chi connectivity index (χ4n) is 8.66. The maximum atomic E-state index is 12.9. The Kier molecular flexibility index (Phi) is 47.6. The quantitative estimate of drug-likeness (QED) is 0.0352. The van der Waals surface area contributed by atoms with Crippen LogP contribution in [0.15, 0.2) is 0 Å². The summed E-state index contributed by atoms with van der Waals surface area (Å²) in [6.07, 6.45) is 54.4. The lowest BCUT2D eigenvalue weighted by Gasteiger charge is -2.18. The van der Waals surface area contributed by atoms with Crippen LogP contribution in [0.25, 0.3) is 0 Å². The highest BCUT2D eigenvalue weighted by atomic mass is 16.5. The molecule has 9 nitrogen and oxygen atoms in total. The first-order valence-corrected chi connectivity index (χ1v) is 27.4. The van der Waals surface area contributed by atoms with Crippen molar-refractivity contribution in [1.82, 2.24) is 10.6 Å². The lowest BCUT2D eigenvalue weighted by molar-refractivity contribution is -0.150. The van der Waals surface area contributed by atoms with Gasteiger partial charge in [-0.25, -0.2) is 4.79 Å². The van der Waals surface area contributed by atoms with Gasteiger partial charge >= 0.3 is 11.9 Å². The van der Waals surface area contributed by atoms with Crippen molar-refractivity contribution in [3.63, 3.8) is 0 Å². The number of rotatable bonds is 51. The molecular weight excluding hydrogens is 789 g/mol. The number of aliphatic hydroxyl groups excluding tert-OH is 1. The van der Waals surface area contributed by atoms with Gasteiger partial charge in [-0.1, -0.05) is 245 Å². The highest BCUT2D eigenvalue weighted by Gasteiger charge is 2.19. The largest absolute Gasteiger partial charge is 0.480 e. The van der Waals surface area contributed by atoms with E-state index in [9.17, 15) is 19.2 Å². The summed E-state index contributed by atoms with van der Waals surface area (Å²) in [5, 5.41) is 22.6. The molecule has 9 heteroatoms. The molecule has 0 saturated heterocycles. The predicted molar refractivity (Wildman–Crippen MR) is 264 cm³/mol. The molecule has 372 valence electrons. The lowest BCUT2D eigenvalue weighted by atomic mass is 10.0. The number of hydrogen-bond acceptors (Lipinski definition) is 6. The molecule has 63 heavy (non-hydrogen) atoms. The van der Waals surface area contributed by atoms with E-state index in [1.54, 1.807) is 0 Å². The Morgan fingerprint density at radius 2 is 0.714 bits per heavy atom. The van der Waals surface area contributed by atoms with Crippen LogP contribution in [0.3, 0.4) is 0 Å². The van der Waals surface area contributed by atoms with Gasteiger partial charge in [0.15, 0.2) is 0 Å². The highest BCUT2D eigenvalue weighted by Crippen LogP contribution is 2.20. The number of aliphatic hydroxyl groups is 1. The van der Waals surface area contributed by atoms with Crippen molar-refractivity contribution in [3.8, 4) is 0 Å². The molecule has 0 radical (unpaired) electrons. The maximum Gasteiger partial charge on any atom is 0.328 e. The van der Waals surface area contributed by atoms with E-state index in [2.05, 4.69) is 24.5 Å². The molecule has 0 bridgehead atoms. The monoisotopic (exact) mass is 893 g/mol. The Labute approximate surface area is 389 Å². The molecule has 0 aliphatic rings. The summed E-state index contributed by atoms with van der Waals surface area (Å²) in [4.78, 5) is 47.8. The van der Waals surface area contributed by atoms with E-state index < -0.39 is 24.5 Å². The third-order valence-electron chi connectivity index (χ3n) is 12.9. The normalized spacial score (nSPS) is 12.3. The van der Waals surface area contributed by atoms with E-state index in [0.29, 0.717) is 19.3 Å². The second-order valence-electron chi connectivity index (χ2n) is 19.0. The molecule has 0 heterocycles. The molecule has 4 N–H and O–H groups in total. The van der Waals surface area contributed by atoms with Gasteiger partial charge in [-0.2, -0.15) is 0 Å². The first-order chi connectivity index (χ1) is 30.8. The van der Waals surface area contributed by atoms with Crippen molar-refractivity contribution >= 4 is 23.8 Å². The van der Waals surface area contributed by atoms with Crippen LogP contribution < -0.4 is 10.6 Å². The van der Waals surface area contributed by atoms with Crippen LogP contribution in [-0.4, -0.2) is 59.3 Å². The molecule has 0 aliphatic carbocycles. The Hall–Kier alpha value is -2.16. The van der Waals surface area contributed by atoms with Crippen molar-refractivity contribution in [2.24, 2.45) is 0 Å². The first kappa shape index (κ1) is 60.8. The zero-order valence-corrected chi connectivity index (χ0v) is 41.6. The van der Waals surface area contributed by atoms with Crippen LogP contribution in [0.2, 0.25) is 0 Å². The molecular formula is C54H104N2O7. The number of carbonyl (C=O) groups excluding carboxylic acids is 3. The number of carbonyl (C=O) groups is 4. The van der Waals surface area contributed by atoms with Gasteiger partial charge in [-0.05, 0) is 38.5 Å². The molecule has 0 aromatic heterocycles. The summed E-state index contributed by atoms with van der Waals surface area (Å²) in [5.41, 5.74) is 0. The summed E-state index contributed by atoms with van der Waals surface area (Å²) in [6.45, 7) is 3.53. The summed E-state index contributed by atoms with van der Waals surface area (Å²) in [7, 11) is 0. The minimum absolute atomic E-state index is 0.00611. The standard InChI is InChI=1S/C54H104N2O7/c1-3-5-7-9-11-13-15-17-18-19-20-21-22-23-24-25-27-29-31-33-38-42-46-53(60)63-49(43-39-35-32-30-28-26-16-14-12-10-8-6-4-2)44-40-36-34-37-41-45-51(58)55-47-52(59)56-50(48-57)54(61)62/h49-50,57H,3-48H2,1-2H3,(H,55,58)(H,56,59)(H,61,62). The maximum absolute atomic E-state index is 12.9. The number of amides is 2. The van der Waals surface area contributed by atoms with Crippen molar-refractivity contribution in [2.75, 3.05) is 13.2 Å². The van der Waals surface area contributed by atoms with E-state index in [4.69, 9.17) is 14.9 Å². The van der Waals surface area contributed by atoms with Gasteiger partial charge < -0.3 is 25.6 Å². The van der Waals surface area contributed by atoms with Gasteiger partial charge in [0.2, 0.25) is 11.8 Å². The molecule has 0 spiro atoms. The molecule has 0 fully saturated rings. The number of carboxylic acids is 1. The molecule has 2 unspecified atom stereocenters. The van der Waals surface area contributed by atoms with E-state index >= 15 is 0 Å². The summed E-state index contributed by atoms with van der Waals surface area (Å²) < 4.78 is 6.08. The van der Waals surface area contributed by atoms with Crippen LogP contribution in [0, 0.1) is 0 Å². The fourth-order valence-corrected chi connectivity index (χ4v) is 8.66. The van der Waals surface area contributed by atoms with E-state index in [1.807, 2.05) is 0 Å². The zero-order valence-electron chi connectivity index (χ0n) is 41.6. The van der Waals surface area contributed by atoms with Crippen molar-refractivity contribution in [2.45, 2.75) is 309 Å². The fraction of sp³-hybridized carbons (Fsp3) is 0.926. The van der Waals surface area contributed by atoms with Gasteiger partial charge in [0.25, 0.3) is 0 Å². The Morgan fingerprint density at radius 3 is 1.03 bits per heavy atom. The van der Waals surface area contributed by atoms with Crippen LogP contribution >= 0.6 is 0 Å². The molecule has 0 aliphatic heterocycles. The second kappa shape index (κ2) is 49.3. The summed E-state index contributed by atoms with van der Waals surface area (Å²) >= 11 is 0. The average molecular weight is 893 g/mol. The number of hydrogen-bond donors (Lipinski definition) is 4. The van der Waals surface area contributed by atoms with Crippen LogP contribution in [0.4, 0.5) is 0 Å². The molecule has 0 aromatic rings. The van der Waals surface area contributed by atoms with Crippen LogP contribution in [0.1, 0.15) is 296 Å². The number of nitrogens with one attached hydrogen (secondary N) is 2. The van der Waals surface area contributed by atoms with Crippen LogP contribution in [-0.2, 0) is 23.9 Å². The smallest absolute Gasteiger partial charge is 0.328 e. The molecule has 2 amide bonds. The van der Waals surface area contributed by atoms with Crippen molar-refractivity contribution in [1.29, 1.82) is 0 Å². The molecule has 0 aromatic carbocycles. The first-order valence-electron chi connectivity index (χ1n) is 27.4. The number of esters is 1. The van der Waals surface area contributed by atoms with Gasteiger partial charge in [-0.15, -0.1) is 0 Å². The highest BCUT2D eigenvalue weighted by molar-refractivity contribution is 5.87. The topological polar surface area (TPSA) is 142 Å². The number of aliphatic carboxylic acids is 1. The van der Waals surface area contributed by atoms with Gasteiger partial charge in [-0.3, -0.25) is 14.4 Å². The predicted octanol–water partition coefficient (Wildman–Crippen LogP) is 14.8.